The highest BCUT2D eigenvalue weighted by Gasteiger charge is 2.39. The fraction of sp³-hybridized carbons (Fsp3) is 0.931. The lowest BCUT2D eigenvalue weighted by Gasteiger charge is -2.38. The van der Waals surface area contributed by atoms with Crippen molar-refractivity contribution in [2.45, 2.75) is 125 Å². The summed E-state index contributed by atoms with van der Waals surface area (Å²) in [5, 5.41) is 0. The summed E-state index contributed by atoms with van der Waals surface area (Å²) < 4.78 is 11.3. The minimum Gasteiger partial charge on any atom is -0.466 e. The standard InChI is InChI=1S/C29H54O4/c1-22(2)15-9-7-13-19-32-28(30)21-27(26-18-12-11-17-25(26)24(5)6)29(31)33-20-14-8-10-16-23(3)4/h22-27H,7-21H2,1-6H3. The lowest BCUT2D eigenvalue weighted by atomic mass is 9.67. The van der Waals surface area contributed by atoms with Crippen molar-refractivity contribution in [3.8, 4) is 0 Å². The zero-order valence-electron chi connectivity index (χ0n) is 22.7. The monoisotopic (exact) mass is 466 g/mol. The Kier molecular flexibility index (Phi) is 15.8. The van der Waals surface area contributed by atoms with Gasteiger partial charge in [0, 0.05) is 0 Å². The Morgan fingerprint density at radius 2 is 1.21 bits per heavy atom. The molecule has 0 aromatic carbocycles. The fourth-order valence-electron chi connectivity index (χ4n) is 5.29. The van der Waals surface area contributed by atoms with E-state index in [4.69, 9.17) is 9.47 Å². The third kappa shape index (κ3) is 13.4. The van der Waals surface area contributed by atoms with Gasteiger partial charge in [-0.1, -0.05) is 92.9 Å². The van der Waals surface area contributed by atoms with E-state index in [-0.39, 0.29) is 30.2 Å². The highest BCUT2D eigenvalue weighted by Crippen LogP contribution is 2.41. The van der Waals surface area contributed by atoms with Crippen LogP contribution in [-0.4, -0.2) is 25.2 Å². The minimum atomic E-state index is -0.359. The number of unbranched alkanes of at least 4 members (excludes halogenated alkanes) is 4. The first kappa shape index (κ1) is 30.0. The molecule has 3 unspecified atom stereocenters. The van der Waals surface area contributed by atoms with Crippen molar-refractivity contribution in [3.05, 3.63) is 0 Å². The number of hydrogen-bond donors (Lipinski definition) is 0. The van der Waals surface area contributed by atoms with Crippen LogP contribution in [0.5, 0.6) is 0 Å². The molecule has 0 aromatic heterocycles. The third-order valence-corrected chi connectivity index (χ3v) is 7.30. The number of ether oxygens (including phenoxy) is 2. The van der Waals surface area contributed by atoms with E-state index < -0.39 is 0 Å². The lowest BCUT2D eigenvalue weighted by molar-refractivity contribution is -0.159. The van der Waals surface area contributed by atoms with Gasteiger partial charge in [0.15, 0.2) is 0 Å². The van der Waals surface area contributed by atoms with E-state index in [2.05, 4.69) is 41.5 Å². The van der Waals surface area contributed by atoms with E-state index in [0.717, 1.165) is 56.8 Å². The van der Waals surface area contributed by atoms with Crippen LogP contribution in [-0.2, 0) is 19.1 Å². The summed E-state index contributed by atoms with van der Waals surface area (Å²) in [5.74, 6) is 1.89. The third-order valence-electron chi connectivity index (χ3n) is 7.30. The molecular formula is C29H54O4. The zero-order chi connectivity index (χ0) is 24.6. The molecule has 0 radical (unpaired) electrons. The van der Waals surface area contributed by atoms with Crippen molar-refractivity contribution in [2.75, 3.05) is 13.2 Å². The first-order chi connectivity index (χ1) is 15.7. The van der Waals surface area contributed by atoms with Gasteiger partial charge in [-0.25, -0.2) is 0 Å². The van der Waals surface area contributed by atoms with Crippen molar-refractivity contribution >= 4 is 11.9 Å². The average Bonchev–Trinajstić information content (AvgIpc) is 2.76. The number of carbonyl (C=O) groups excluding carboxylic acids is 2. The maximum absolute atomic E-state index is 13.1. The predicted molar refractivity (Wildman–Crippen MR) is 137 cm³/mol. The van der Waals surface area contributed by atoms with Gasteiger partial charge in [-0.05, 0) is 55.3 Å². The lowest BCUT2D eigenvalue weighted by Crippen LogP contribution is -2.37. The van der Waals surface area contributed by atoms with E-state index >= 15 is 0 Å². The van der Waals surface area contributed by atoms with Crippen molar-refractivity contribution in [2.24, 2.45) is 35.5 Å². The van der Waals surface area contributed by atoms with Gasteiger partial charge in [-0.15, -0.1) is 0 Å². The van der Waals surface area contributed by atoms with E-state index in [1.54, 1.807) is 0 Å². The Hall–Kier alpha value is -1.06. The van der Waals surface area contributed by atoms with Crippen LogP contribution in [0.25, 0.3) is 0 Å². The Balaban J connectivity index is 2.58. The van der Waals surface area contributed by atoms with Gasteiger partial charge in [0.05, 0.1) is 25.6 Å². The smallest absolute Gasteiger partial charge is 0.309 e. The number of hydrogen-bond acceptors (Lipinski definition) is 4. The van der Waals surface area contributed by atoms with Crippen molar-refractivity contribution in [1.82, 2.24) is 0 Å². The molecule has 4 nitrogen and oxygen atoms in total. The van der Waals surface area contributed by atoms with Crippen molar-refractivity contribution < 1.29 is 19.1 Å². The van der Waals surface area contributed by atoms with Crippen LogP contribution >= 0.6 is 0 Å². The predicted octanol–water partition coefficient (Wildman–Crippen LogP) is 7.97. The molecule has 0 amide bonds. The van der Waals surface area contributed by atoms with E-state index in [1.165, 1.54) is 32.1 Å². The highest BCUT2D eigenvalue weighted by atomic mass is 16.5. The molecule has 33 heavy (non-hydrogen) atoms. The summed E-state index contributed by atoms with van der Waals surface area (Å²) in [6.45, 7) is 14.4. The summed E-state index contributed by atoms with van der Waals surface area (Å²) in [5.41, 5.74) is 0. The van der Waals surface area contributed by atoms with E-state index in [1.807, 2.05) is 0 Å². The van der Waals surface area contributed by atoms with Gasteiger partial charge in [-0.3, -0.25) is 9.59 Å². The van der Waals surface area contributed by atoms with Crippen LogP contribution in [0.1, 0.15) is 125 Å². The summed E-state index contributed by atoms with van der Waals surface area (Å²) in [7, 11) is 0. The van der Waals surface area contributed by atoms with Crippen molar-refractivity contribution in [1.29, 1.82) is 0 Å². The Morgan fingerprint density at radius 3 is 1.73 bits per heavy atom. The average molecular weight is 467 g/mol. The molecule has 1 aliphatic rings. The SMILES string of the molecule is CC(C)CCCCCOC(=O)CC(C(=O)OCCCCCC(C)C)C1CCCCC1C(C)C. The number of rotatable bonds is 17. The largest absolute Gasteiger partial charge is 0.466 e. The molecule has 4 heteroatoms. The molecule has 1 saturated carbocycles. The molecule has 1 rings (SSSR count). The number of esters is 2. The first-order valence-corrected chi connectivity index (χ1v) is 14.0. The van der Waals surface area contributed by atoms with Crippen LogP contribution in [0.3, 0.4) is 0 Å². The molecule has 1 aliphatic carbocycles. The molecule has 194 valence electrons. The second kappa shape index (κ2) is 17.4. The van der Waals surface area contributed by atoms with Gasteiger partial charge in [0.25, 0.3) is 0 Å². The Labute approximate surface area is 205 Å². The van der Waals surface area contributed by atoms with Gasteiger partial charge in [0.1, 0.15) is 0 Å². The second-order valence-corrected chi connectivity index (χ2v) is 11.5. The van der Waals surface area contributed by atoms with E-state index in [0.29, 0.717) is 25.0 Å². The van der Waals surface area contributed by atoms with Crippen LogP contribution in [0, 0.1) is 35.5 Å². The zero-order valence-corrected chi connectivity index (χ0v) is 22.7. The minimum absolute atomic E-state index is 0.173. The maximum Gasteiger partial charge on any atom is 0.309 e. The van der Waals surface area contributed by atoms with Crippen LogP contribution in [0.15, 0.2) is 0 Å². The molecule has 0 heterocycles. The fourth-order valence-corrected chi connectivity index (χ4v) is 5.29. The van der Waals surface area contributed by atoms with E-state index in [9.17, 15) is 9.59 Å². The molecule has 0 saturated heterocycles. The number of carbonyl (C=O) groups is 2. The Bertz CT molecular complexity index is 526. The van der Waals surface area contributed by atoms with Gasteiger partial charge in [-0.2, -0.15) is 0 Å². The van der Waals surface area contributed by atoms with Crippen molar-refractivity contribution in [3.63, 3.8) is 0 Å². The van der Waals surface area contributed by atoms with Crippen LogP contribution in [0.2, 0.25) is 0 Å². The summed E-state index contributed by atoms with van der Waals surface area (Å²) in [6.07, 6.45) is 13.5. The summed E-state index contributed by atoms with van der Waals surface area (Å²) in [6, 6.07) is 0. The van der Waals surface area contributed by atoms with Gasteiger partial charge in [0.2, 0.25) is 0 Å². The molecule has 3 atom stereocenters. The van der Waals surface area contributed by atoms with Crippen LogP contribution in [0.4, 0.5) is 0 Å². The highest BCUT2D eigenvalue weighted by molar-refractivity contribution is 5.80. The van der Waals surface area contributed by atoms with Gasteiger partial charge < -0.3 is 9.47 Å². The molecule has 0 bridgehead atoms. The molecular weight excluding hydrogens is 412 g/mol. The molecule has 0 spiro atoms. The Morgan fingerprint density at radius 1 is 0.697 bits per heavy atom. The maximum atomic E-state index is 13.1. The molecule has 0 aliphatic heterocycles. The summed E-state index contributed by atoms with van der Waals surface area (Å²) in [4.78, 5) is 25.8. The summed E-state index contributed by atoms with van der Waals surface area (Å²) >= 11 is 0. The quantitative estimate of drug-likeness (QED) is 0.161. The first-order valence-electron chi connectivity index (χ1n) is 14.0. The van der Waals surface area contributed by atoms with Crippen LogP contribution < -0.4 is 0 Å². The second-order valence-electron chi connectivity index (χ2n) is 11.5. The van der Waals surface area contributed by atoms with Gasteiger partial charge >= 0.3 is 11.9 Å². The molecule has 0 aromatic rings. The molecule has 1 fully saturated rings. The molecule has 0 N–H and O–H groups in total. The topological polar surface area (TPSA) is 52.6 Å². The normalized spacial score (nSPS) is 19.8.